The first-order valence-electron chi connectivity index (χ1n) is 6.09. The highest BCUT2D eigenvalue weighted by Crippen LogP contribution is 2.29. The molecule has 0 aliphatic carbocycles. The lowest BCUT2D eigenvalue weighted by Gasteiger charge is -2.23. The van der Waals surface area contributed by atoms with Crippen LogP contribution in [-0.4, -0.2) is 27.5 Å². The van der Waals surface area contributed by atoms with Crippen molar-refractivity contribution in [3.8, 4) is 0 Å². The highest BCUT2D eigenvalue weighted by molar-refractivity contribution is 9.11. The van der Waals surface area contributed by atoms with Crippen LogP contribution in [0, 0.1) is 6.92 Å². The fraction of sp³-hybridized carbons (Fsp3) is 0.500. The van der Waals surface area contributed by atoms with Crippen molar-refractivity contribution >= 4 is 41.9 Å². The smallest absolute Gasteiger partial charge is 0.241 e. The first-order chi connectivity index (χ1) is 8.90. The summed E-state index contributed by atoms with van der Waals surface area (Å²) >= 11 is 6.70. The summed E-state index contributed by atoms with van der Waals surface area (Å²) in [6, 6.07) is 3.46. The van der Waals surface area contributed by atoms with Crippen LogP contribution in [0.4, 0.5) is 0 Å². The van der Waals surface area contributed by atoms with Crippen LogP contribution in [0.25, 0.3) is 0 Å². The molecular weight excluding hydrogens is 396 g/mol. The molecule has 0 bridgehead atoms. The van der Waals surface area contributed by atoms with E-state index >= 15 is 0 Å². The average Bonchev–Trinajstić information content (AvgIpc) is 2.34. The Morgan fingerprint density at radius 1 is 1.21 bits per heavy atom. The molecule has 1 aromatic rings. The summed E-state index contributed by atoms with van der Waals surface area (Å²) in [7, 11) is -3.48. The predicted molar refractivity (Wildman–Crippen MR) is 82.8 cm³/mol. The van der Waals surface area contributed by atoms with Crippen LogP contribution in [-0.2, 0) is 10.0 Å². The van der Waals surface area contributed by atoms with Crippen molar-refractivity contribution in [1.29, 1.82) is 0 Å². The fourth-order valence-electron chi connectivity index (χ4n) is 2.06. The number of aryl methyl sites for hydroxylation is 1. The van der Waals surface area contributed by atoms with Gasteiger partial charge in [0.15, 0.2) is 0 Å². The molecule has 106 valence electrons. The second kappa shape index (κ2) is 6.22. The molecule has 1 saturated heterocycles. The Balaban J connectivity index is 2.26. The van der Waals surface area contributed by atoms with Crippen LogP contribution in [0.5, 0.6) is 0 Å². The van der Waals surface area contributed by atoms with E-state index in [2.05, 4.69) is 41.9 Å². The summed E-state index contributed by atoms with van der Waals surface area (Å²) in [5.41, 5.74) is 0.993. The summed E-state index contributed by atoms with van der Waals surface area (Å²) in [4.78, 5) is 0.281. The lowest BCUT2D eigenvalue weighted by atomic mass is 10.1. The molecule has 0 amide bonds. The van der Waals surface area contributed by atoms with Crippen molar-refractivity contribution in [3.05, 3.63) is 26.6 Å². The van der Waals surface area contributed by atoms with Crippen molar-refractivity contribution in [1.82, 2.24) is 10.0 Å². The van der Waals surface area contributed by atoms with E-state index in [0.717, 1.165) is 36.0 Å². The van der Waals surface area contributed by atoms with Crippen LogP contribution in [0.1, 0.15) is 18.4 Å². The Morgan fingerprint density at radius 2 is 1.84 bits per heavy atom. The van der Waals surface area contributed by atoms with Gasteiger partial charge in [-0.15, -0.1) is 0 Å². The minimum atomic E-state index is -3.48. The molecule has 2 rings (SSSR count). The molecule has 0 saturated carbocycles. The van der Waals surface area contributed by atoms with Crippen molar-refractivity contribution in [2.75, 3.05) is 13.1 Å². The zero-order valence-corrected chi connectivity index (χ0v) is 14.5. The van der Waals surface area contributed by atoms with Gasteiger partial charge in [-0.3, -0.25) is 0 Å². The van der Waals surface area contributed by atoms with E-state index in [4.69, 9.17) is 0 Å². The van der Waals surface area contributed by atoms with E-state index in [9.17, 15) is 8.42 Å². The monoisotopic (exact) mass is 410 g/mol. The molecule has 1 fully saturated rings. The first kappa shape index (κ1) is 15.4. The van der Waals surface area contributed by atoms with Gasteiger partial charge in [0.1, 0.15) is 0 Å². The fourth-order valence-corrected chi connectivity index (χ4v) is 5.04. The quantitative estimate of drug-likeness (QED) is 0.803. The molecule has 0 unspecified atom stereocenters. The average molecular weight is 412 g/mol. The van der Waals surface area contributed by atoms with Gasteiger partial charge in [-0.2, -0.15) is 0 Å². The number of nitrogens with one attached hydrogen (secondary N) is 2. The van der Waals surface area contributed by atoms with Crippen molar-refractivity contribution in [3.63, 3.8) is 0 Å². The van der Waals surface area contributed by atoms with Gasteiger partial charge in [0, 0.05) is 15.0 Å². The third-order valence-electron chi connectivity index (χ3n) is 3.16. The van der Waals surface area contributed by atoms with E-state index in [1.165, 1.54) is 0 Å². The molecule has 7 heteroatoms. The van der Waals surface area contributed by atoms with E-state index in [0.29, 0.717) is 4.47 Å². The molecule has 1 aliphatic heterocycles. The van der Waals surface area contributed by atoms with E-state index < -0.39 is 10.0 Å². The highest BCUT2D eigenvalue weighted by atomic mass is 79.9. The Hall–Kier alpha value is 0.0500. The van der Waals surface area contributed by atoms with Crippen molar-refractivity contribution in [2.24, 2.45) is 0 Å². The van der Waals surface area contributed by atoms with Gasteiger partial charge in [-0.05, 0) is 66.5 Å². The van der Waals surface area contributed by atoms with E-state index in [1.54, 1.807) is 12.1 Å². The lowest BCUT2D eigenvalue weighted by molar-refractivity contribution is 0.427. The van der Waals surface area contributed by atoms with Crippen LogP contribution < -0.4 is 10.0 Å². The summed E-state index contributed by atoms with van der Waals surface area (Å²) in [5, 5.41) is 3.22. The third-order valence-corrected chi connectivity index (χ3v) is 6.50. The van der Waals surface area contributed by atoms with Gasteiger partial charge in [0.05, 0.1) is 4.90 Å². The van der Waals surface area contributed by atoms with Gasteiger partial charge in [-0.1, -0.05) is 15.9 Å². The molecular formula is C12H16Br2N2O2S. The number of sulfonamides is 1. The number of rotatable bonds is 3. The Kier molecular flexibility index (Phi) is 5.05. The SMILES string of the molecule is Cc1cc(Br)c(S(=O)(=O)NC2CCNCC2)cc1Br. The molecule has 1 aliphatic rings. The molecule has 19 heavy (non-hydrogen) atoms. The molecule has 4 nitrogen and oxygen atoms in total. The molecule has 0 aromatic heterocycles. The molecule has 0 radical (unpaired) electrons. The topological polar surface area (TPSA) is 58.2 Å². The number of hydrogen-bond acceptors (Lipinski definition) is 3. The van der Waals surface area contributed by atoms with Gasteiger partial charge in [0.2, 0.25) is 10.0 Å². The third kappa shape index (κ3) is 3.78. The largest absolute Gasteiger partial charge is 0.317 e. The molecule has 1 heterocycles. The Morgan fingerprint density at radius 3 is 2.47 bits per heavy atom. The Labute approximate surface area is 130 Å². The lowest BCUT2D eigenvalue weighted by Crippen LogP contribution is -2.42. The summed E-state index contributed by atoms with van der Waals surface area (Å²) in [6.07, 6.45) is 1.65. The van der Waals surface area contributed by atoms with Crippen molar-refractivity contribution < 1.29 is 8.42 Å². The van der Waals surface area contributed by atoms with Crippen LogP contribution >= 0.6 is 31.9 Å². The molecule has 2 N–H and O–H groups in total. The van der Waals surface area contributed by atoms with Crippen molar-refractivity contribution in [2.45, 2.75) is 30.7 Å². The normalized spacial score (nSPS) is 17.6. The van der Waals surface area contributed by atoms with Crippen LogP contribution in [0.15, 0.2) is 26.0 Å². The highest BCUT2D eigenvalue weighted by Gasteiger charge is 2.24. The summed E-state index contributed by atoms with van der Waals surface area (Å²) in [5.74, 6) is 0. The minimum Gasteiger partial charge on any atom is -0.317 e. The van der Waals surface area contributed by atoms with Crippen LogP contribution in [0.3, 0.4) is 0 Å². The summed E-state index contributed by atoms with van der Waals surface area (Å²) in [6.45, 7) is 3.63. The second-order valence-electron chi connectivity index (χ2n) is 4.68. The van der Waals surface area contributed by atoms with Gasteiger partial charge < -0.3 is 5.32 Å². The van der Waals surface area contributed by atoms with Crippen LogP contribution in [0.2, 0.25) is 0 Å². The van der Waals surface area contributed by atoms with E-state index in [-0.39, 0.29) is 10.9 Å². The van der Waals surface area contributed by atoms with Gasteiger partial charge in [0.25, 0.3) is 0 Å². The maximum Gasteiger partial charge on any atom is 0.241 e. The maximum atomic E-state index is 12.4. The molecule has 0 atom stereocenters. The zero-order chi connectivity index (χ0) is 14.0. The second-order valence-corrected chi connectivity index (χ2v) is 8.07. The first-order valence-corrected chi connectivity index (χ1v) is 9.16. The zero-order valence-electron chi connectivity index (χ0n) is 10.5. The number of benzene rings is 1. The molecule has 1 aromatic carbocycles. The molecule has 0 spiro atoms. The number of hydrogen-bond donors (Lipinski definition) is 2. The van der Waals surface area contributed by atoms with Gasteiger partial charge in [-0.25, -0.2) is 13.1 Å². The Bertz CT molecular complexity index is 569. The number of halogens is 2. The van der Waals surface area contributed by atoms with Gasteiger partial charge >= 0.3 is 0 Å². The van der Waals surface area contributed by atoms with E-state index in [1.807, 2.05) is 6.92 Å². The minimum absolute atomic E-state index is 0.0122. The maximum absolute atomic E-state index is 12.4. The predicted octanol–water partition coefficient (Wildman–Crippen LogP) is 2.55. The summed E-state index contributed by atoms with van der Waals surface area (Å²) < 4.78 is 29.0. The standard InChI is InChI=1S/C12H16Br2N2O2S/c1-8-6-11(14)12(7-10(8)13)19(17,18)16-9-2-4-15-5-3-9/h6-7,9,15-16H,2-5H2,1H3. The number of piperidine rings is 1.